The first-order chi connectivity index (χ1) is 11.5. The molecule has 0 amide bonds. The normalized spacial score (nSPS) is 25.5. The van der Waals surface area contributed by atoms with Gasteiger partial charge >= 0.3 is 0 Å². The maximum atomic E-state index is 5.41. The van der Waals surface area contributed by atoms with E-state index in [1.54, 1.807) is 24.7 Å². The van der Waals surface area contributed by atoms with Crippen LogP contribution in [-0.2, 0) is 6.42 Å². The molecule has 0 radical (unpaired) electrons. The summed E-state index contributed by atoms with van der Waals surface area (Å²) < 4.78 is 10.7. The fraction of sp³-hybridized carbons (Fsp3) is 0.619. The number of benzene rings is 1. The van der Waals surface area contributed by atoms with Gasteiger partial charge < -0.3 is 14.4 Å². The molecule has 2 bridgehead atoms. The zero-order chi connectivity index (χ0) is 17.3. The standard InChI is InChI=1S/C21H31NO2/c1-21(2)17-8-7-16(18(21)13-17)14-22(3)11-10-15-6-9-19(23-4)20(12-15)24-5/h6-7,9,12,17-18H,8,10-11,13-14H2,1-5H3/p+1/t17-,18-/m0/s1. The van der Waals surface area contributed by atoms with Crippen LogP contribution in [0.3, 0.4) is 0 Å². The average molecular weight is 330 g/mol. The third kappa shape index (κ3) is 3.19. The van der Waals surface area contributed by atoms with Crippen molar-refractivity contribution in [3.63, 3.8) is 0 Å². The SMILES string of the molecule is COc1ccc(CC[NH+](C)CC2=CC[C@H]3C[C@@H]2C3(C)C)cc1OC. The molecular weight excluding hydrogens is 298 g/mol. The first-order valence-electron chi connectivity index (χ1n) is 9.16. The molecule has 0 aliphatic heterocycles. The number of fused-ring (bicyclic) bond motifs is 1. The molecule has 1 N–H and O–H groups in total. The molecule has 3 aliphatic rings. The van der Waals surface area contributed by atoms with E-state index in [4.69, 9.17) is 9.47 Å². The van der Waals surface area contributed by atoms with Crippen LogP contribution >= 0.6 is 0 Å². The van der Waals surface area contributed by atoms with Crippen LogP contribution in [0.2, 0.25) is 0 Å². The summed E-state index contributed by atoms with van der Waals surface area (Å²) in [4.78, 5) is 1.59. The van der Waals surface area contributed by atoms with Gasteiger partial charge in [-0.15, -0.1) is 0 Å². The van der Waals surface area contributed by atoms with E-state index in [1.807, 2.05) is 6.07 Å². The quantitative estimate of drug-likeness (QED) is 0.777. The monoisotopic (exact) mass is 330 g/mol. The fourth-order valence-corrected chi connectivity index (χ4v) is 4.51. The van der Waals surface area contributed by atoms with E-state index < -0.39 is 0 Å². The Morgan fingerprint density at radius 3 is 2.54 bits per heavy atom. The van der Waals surface area contributed by atoms with Crippen molar-refractivity contribution in [2.45, 2.75) is 33.1 Å². The predicted molar refractivity (Wildman–Crippen MR) is 97.9 cm³/mol. The van der Waals surface area contributed by atoms with Crippen LogP contribution < -0.4 is 14.4 Å². The van der Waals surface area contributed by atoms with Gasteiger partial charge in [-0.05, 0) is 53.4 Å². The summed E-state index contributed by atoms with van der Waals surface area (Å²) in [7, 11) is 5.70. The Kier molecular flexibility index (Phi) is 4.91. The summed E-state index contributed by atoms with van der Waals surface area (Å²) in [6.45, 7) is 7.24. The summed E-state index contributed by atoms with van der Waals surface area (Å²) in [6, 6.07) is 6.25. The molecular formula is C21H32NO2+. The van der Waals surface area contributed by atoms with E-state index in [-0.39, 0.29) is 0 Å². The molecule has 1 aromatic carbocycles. The second kappa shape index (κ2) is 6.79. The lowest BCUT2D eigenvalue weighted by Gasteiger charge is -2.56. The molecule has 24 heavy (non-hydrogen) atoms. The summed E-state index contributed by atoms with van der Waals surface area (Å²) in [6.07, 6.45) is 6.31. The first kappa shape index (κ1) is 17.3. The van der Waals surface area contributed by atoms with Crippen LogP contribution in [0.4, 0.5) is 0 Å². The minimum atomic E-state index is 0.535. The van der Waals surface area contributed by atoms with Gasteiger partial charge in [-0.1, -0.05) is 26.0 Å². The molecule has 4 rings (SSSR count). The first-order valence-corrected chi connectivity index (χ1v) is 9.16. The van der Waals surface area contributed by atoms with Crippen molar-refractivity contribution in [2.75, 3.05) is 34.4 Å². The van der Waals surface area contributed by atoms with Crippen molar-refractivity contribution in [3.8, 4) is 11.5 Å². The lowest BCUT2D eigenvalue weighted by Crippen LogP contribution is -3.09. The van der Waals surface area contributed by atoms with Gasteiger partial charge in [0.05, 0.1) is 34.4 Å². The van der Waals surface area contributed by atoms with Gasteiger partial charge in [0, 0.05) is 6.42 Å². The van der Waals surface area contributed by atoms with Crippen molar-refractivity contribution < 1.29 is 14.4 Å². The number of rotatable bonds is 7. The Morgan fingerprint density at radius 1 is 1.17 bits per heavy atom. The molecule has 1 saturated carbocycles. The molecule has 1 aromatic rings. The van der Waals surface area contributed by atoms with Crippen LogP contribution in [0.25, 0.3) is 0 Å². The van der Waals surface area contributed by atoms with E-state index in [2.05, 4.69) is 39.1 Å². The van der Waals surface area contributed by atoms with Gasteiger partial charge in [-0.2, -0.15) is 0 Å². The smallest absolute Gasteiger partial charge is 0.160 e. The highest BCUT2D eigenvalue weighted by atomic mass is 16.5. The van der Waals surface area contributed by atoms with E-state index in [0.29, 0.717) is 5.41 Å². The Bertz CT molecular complexity index is 620. The molecule has 3 atom stereocenters. The van der Waals surface area contributed by atoms with Crippen LogP contribution in [0.5, 0.6) is 11.5 Å². The summed E-state index contributed by atoms with van der Waals surface area (Å²) in [5.41, 5.74) is 3.55. The third-order valence-corrected chi connectivity index (χ3v) is 6.38. The highest BCUT2D eigenvalue weighted by molar-refractivity contribution is 5.42. The third-order valence-electron chi connectivity index (χ3n) is 6.38. The fourth-order valence-electron chi connectivity index (χ4n) is 4.51. The molecule has 0 heterocycles. The maximum Gasteiger partial charge on any atom is 0.160 e. The second-order valence-corrected chi connectivity index (χ2v) is 8.14. The average Bonchev–Trinajstić information content (AvgIpc) is 2.59. The minimum absolute atomic E-state index is 0.535. The lowest BCUT2D eigenvalue weighted by molar-refractivity contribution is -0.874. The van der Waals surface area contributed by atoms with Crippen LogP contribution in [0, 0.1) is 17.3 Å². The minimum Gasteiger partial charge on any atom is -0.493 e. The van der Waals surface area contributed by atoms with Gasteiger partial charge in [-0.3, -0.25) is 0 Å². The zero-order valence-corrected chi connectivity index (χ0v) is 15.8. The van der Waals surface area contributed by atoms with Gasteiger partial charge in [0.1, 0.15) is 0 Å². The van der Waals surface area contributed by atoms with E-state index in [0.717, 1.165) is 36.3 Å². The Balaban J connectivity index is 1.55. The topological polar surface area (TPSA) is 22.9 Å². The second-order valence-electron chi connectivity index (χ2n) is 8.14. The van der Waals surface area contributed by atoms with E-state index in [1.165, 1.54) is 24.9 Å². The Labute approximate surface area is 146 Å². The highest BCUT2D eigenvalue weighted by Gasteiger charge is 2.51. The number of methoxy groups -OCH3 is 2. The number of quaternary nitrogens is 1. The number of likely N-dealkylation sites (N-methyl/N-ethyl adjacent to an activating group) is 1. The van der Waals surface area contributed by atoms with Crippen molar-refractivity contribution >= 4 is 0 Å². The number of nitrogens with one attached hydrogen (secondary N) is 1. The molecule has 0 spiro atoms. The molecule has 132 valence electrons. The number of ether oxygens (including phenoxy) is 2. The Hall–Kier alpha value is -1.48. The maximum absolute atomic E-state index is 5.41. The molecule has 3 aliphatic carbocycles. The summed E-state index contributed by atoms with van der Waals surface area (Å²) in [5.74, 6) is 3.38. The molecule has 0 aromatic heterocycles. The molecule has 0 saturated heterocycles. The van der Waals surface area contributed by atoms with Crippen molar-refractivity contribution in [1.29, 1.82) is 0 Å². The number of hydrogen-bond donors (Lipinski definition) is 1. The summed E-state index contributed by atoms with van der Waals surface area (Å²) in [5, 5.41) is 0. The zero-order valence-electron chi connectivity index (χ0n) is 15.8. The molecule has 3 heteroatoms. The molecule has 3 nitrogen and oxygen atoms in total. The highest BCUT2D eigenvalue weighted by Crippen LogP contribution is 2.58. The van der Waals surface area contributed by atoms with Crippen molar-refractivity contribution in [3.05, 3.63) is 35.4 Å². The van der Waals surface area contributed by atoms with Crippen molar-refractivity contribution in [1.82, 2.24) is 0 Å². The Morgan fingerprint density at radius 2 is 1.92 bits per heavy atom. The summed E-state index contributed by atoms with van der Waals surface area (Å²) >= 11 is 0. The van der Waals surface area contributed by atoms with Gasteiger partial charge in [-0.25, -0.2) is 0 Å². The van der Waals surface area contributed by atoms with E-state index in [9.17, 15) is 0 Å². The van der Waals surface area contributed by atoms with Crippen LogP contribution in [-0.4, -0.2) is 34.4 Å². The van der Waals surface area contributed by atoms with Gasteiger partial charge in [0.2, 0.25) is 0 Å². The predicted octanol–water partition coefficient (Wildman–Crippen LogP) is 2.75. The van der Waals surface area contributed by atoms with Crippen LogP contribution in [0.15, 0.2) is 29.8 Å². The van der Waals surface area contributed by atoms with Gasteiger partial charge in [0.15, 0.2) is 11.5 Å². The number of allylic oxidation sites excluding steroid dienone is 1. The van der Waals surface area contributed by atoms with Gasteiger partial charge in [0.25, 0.3) is 0 Å². The van der Waals surface area contributed by atoms with E-state index >= 15 is 0 Å². The molecule has 1 fully saturated rings. The largest absolute Gasteiger partial charge is 0.493 e. The number of hydrogen-bond acceptors (Lipinski definition) is 2. The molecule has 1 unspecified atom stereocenters. The van der Waals surface area contributed by atoms with Crippen LogP contribution in [0.1, 0.15) is 32.3 Å². The lowest BCUT2D eigenvalue weighted by atomic mass is 9.49. The van der Waals surface area contributed by atoms with Crippen molar-refractivity contribution in [2.24, 2.45) is 17.3 Å².